The predicted molar refractivity (Wildman–Crippen MR) is 109 cm³/mol. The molecule has 160 valence electrons. The maximum Gasteiger partial charge on any atom is 0.240 e. The minimum atomic E-state index is -3.60. The van der Waals surface area contributed by atoms with E-state index in [1.54, 1.807) is 12.1 Å². The number of carbonyl (C=O) groups excluding carboxylic acids is 1. The molecule has 0 saturated heterocycles. The van der Waals surface area contributed by atoms with Gasteiger partial charge in [-0.15, -0.1) is 0 Å². The number of ether oxygens (including phenoxy) is 3. The molecule has 2 aromatic rings. The minimum absolute atomic E-state index is 0.00969. The lowest BCUT2D eigenvalue weighted by molar-refractivity contribution is -0.119. The Morgan fingerprint density at radius 1 is 1.13 bits per heavy atom. The molecule has 1 aliphatic carbocycles. The Labute approximate surface area is 174 Å². The Balaban J connectivity index is 1.36. The van der Waals surface area contributed by atoms with Gasteiger partial charge in [-0.05, 0) is 48.7 Å². The molecule has 0 aromatic heterocycles. The lowest BCUT2D eigenvalue weighted by atomic mass is 10.2. The number of nitrogens with one attached hydrogen (secondary N) is 3. The summed E-state index contributed by atoms with van der Waals surface area (Å²) >= 11 is 0. The highest BCUT2D eigenvalue weighted by molar-refractivity contribution is 7.89. The highest BCUT2D eigenvalue weighted by Crippen LogP contribution is 2.32. The number of fused-ring (bicyclic) bond motifs is 1. The summed E-state index contributed by atoms with van der Waals surface area (Å²) in [7, 11) is -2.12. The lowest BCUT2D eigenvalue weighted by Gasteiger charge is -2.14. The molecule has 1 amide bonds. The number of carbonyl (C=O) groups is 1. The van der Waals surface area contributed by atoms with Crippen molar-refractivity contribution in [1.29, 1.82) is 0 Å². The second-order valence-electron chi connectivity index (χ2n) is 7.08. The van der Waals surface area contributed by atoms with Crippen molar-refractivity contribution in [2.45, 2.75) is 30.3 Å². The zero-order valence-electron chi connectivity index (χ0n) is 16.4. The molecular formula is C20H23N3O6S. The number of rotatable bonds is 9. The molecule has 4 rings (SSSR count). The average Bonchev–Trinajstić information content (AvgIpc) is 3.42. The summed E-state index contributed by atoms with van der Waals surface area (Å²) < 4.78 is 43.4. The molecule has 30 heavy (non-hydrogen) atoms. The van der Waals surface area contributed by atoms with Crippen molar-refractivity contribution in [3.05, 3.63) is 42.0 Å². The first kappa shape index (κ1) is 20.3. The largest absolute Gasteiger partial charge is 0.495 e. The molecule has 0 radical (unpaired) electrons. The van der Waals surface area contributed by atoms with E-state index in [1.807, 2.05) is 12.1 Å². The molecule has 0 atom stereocenters. The lowest BCUT2D eigenvalue weighted by Crippen LogP contribution is -2.29. The van der Waals surface area contributed by atoms with Gasteiger partial charge in [0, 0.05) is 12.6 Å². The first-order valence-corrected chi connectivity index (χ1v) is 11.0. The molecule has 3 N–H and O–H groups in total. The molecule has 1 saturated carbocycles. The number of methoxy groups -OCH3 is 1. The van der Waals surface area contributed by atoms with E-state index >= 15 is 0 Å². The topological polar surface area (TPSA) is 115 Å². The van der Waals surface area contributed by atoms with Gasteiger partial charge in [-0.2, -0.15) is 0 Å². The normalized spacial score (nSPS) is 15.0. The molecule has 0 spiro atoms. The van der Waals surface area contributed by atoms with Crippen LogP contribution in [0.1, 0.15) is 18.4 Å². The summed E-state index contributed by atoms with van der Waals surface area (Å²) in [5.74, 6) is 1.54. The van der Waals surface area contributed by atoms with Gasteiger partial charge < -0.3 is 24.8 Å². The third-order valence-electron chi connectivity index (χ3n) is 4.75. The fourth-order valence-electron chi connectivity index (χ4n) is 2.97. The summed E-state index contributed by atoms with van der Waals surface area (Å²) in [4.78, 5) is 12.4. The Bertz CT molecular complexity index is 1050. The van der Waals surface area contributed by atoms with Gasteiger partial charge in [-0.25, -0.2) is 13.1 Å². The molecule has 1 aliphatic heterocycles. The molecule has 2 aromatic carbocycles. The number of hydrogen-bond acceptors (Lipinski definition) is 7. The molecule has 1 heterocycles. The van der Waals surface area contributed by atoms with E-state index < -0.39 is 10.0 Å². The number of benzene rings is 2. The van der Waals surface area contributed by atoms with E-state index in [4.69, 9.17) is 14.2 Å². The van der Waals surface area contributed by atoms with Crippen molar-refractivity contribution in [2.75, 3.05) is 25.8 Å². The van der Waals surface area contributed by atoms with Gasteiger partial charge in [0.1, 0.15) is 5.75 Å². The van der Waals surface area contributed by atoms with Crippen LogP contribution in [-0.4, -0.2) is 40.8 Å². The van der Waals surface area contributed by atoms with Crippen LogP contribution < -0.4 is 29.6 Å². The van der Waals surface area contributed by atoms with Crippen LogP contribution in [0.25, 0.3) is 0 Å². The number of amides is 1. The molecule has 0 bridgehead atoms. The summed E-state index contributed by atoms with van der Waals surface area (Å²) in [5.41, 5.74) is 1.30. The van der Waals surface area contributed by atoms with Crippen LogP contribution in [0.15, 0.2) is 41.3 Å². The molecule has 2 aliphatic rings. The molecule has 10 heteroatoms. The van der Waals surface area contributed by atoms with Gasteiger partial charge in [-0.3, -0.25) is 4.79 Å². The van der Waals surface area contributed by atoms with Crippen LogP contribution in [-0.2, 0) is 21.4 Å². The summed E-state index contributed by atoms with van der Waals surface area (Å²) in [6.07, 6.45) is 1.70. The van der Waals surface area contributed by atoms with Crippen LogP contribution in [0.4, 0.5) is 5.69 Å². The third kappa shape index (κ3) is 4.77. The number of sulfonamides is 1. The van der Waals surface area contributed by atoms with Crippen molar-refractivity contribution < 1.29 is 27.4 Å². The highest BCUT2D eigenvalue weighted by Gasteiger charge is 2.28. The van der Waals surface area contributed by atoms with Crippen molar-refractivity contribution >= 4 is 21.6 Å². The van der Waals surface area contributed by atoms with Gasteiger partial charge in [0.25, 0.3) is 0 Å². The first-order chi connectivity index (χ1) is 14.4. The molecule has 1 fully saturated rings. The van der Waals surface area contributed by atoms with E-state index in [0.29, 0.717) is 29.5 Å². The second-order valence-corrected chi connectivity index (χ2v) is 8.79. The van der Waals surface area contributed by atoms with Crippen LogP contribution in [0.2, 0.25) is 0 Å². The fourth-order valence-corrected chi connectivity index (χ4v) is 4.30. The van der Waals surface area contributed by atoms with Gasteiger partial charge in [0.05, 0.1) is 24.2 Å². The summed E-state index contributed by atoms with van der Waals surface area (Å²) in [6, 6.07) is 9.99. The third-order valence-corrected chi connectivity index (χ3v) is 6.26. The maximum absolute atomic E-state index is 12.4. The van der Waals surface area contributed by atoms with Crippen molar-refractivity contribution in [3.63, 3.8) is 0 Å². The summed E-state index contributed by atoms with van der Waals surface area (Å²) in [6.45, 7) is 0.482. The highest BCUT2D eigenvalue weighted by atomic mass is 32.2. The Kier molecular flexibility index (Phi) is 5.69. The molecule has 0 unspecified atom stereocenters. The average molecular weight is 433 g/mol. The maximum atomic E-state index is 12.4. The van der Waals surface area contributed by atoms with Gasteiger partial charge in [-0.1, -0.05) is 6.07 Å². The van der Waals surface area contributed by atoms with Crippen molar-refractivity contribution in [3.8, 4) is 17.2 Å². The minimum Gasteiger partial charge on any atom is -0.495 e. The zero-order chi connectivity index (χ0) is 21.1. The number of anilines is 1. The van der Waals surface area contributed by atoms with Gasteiger partial charge in [0.15, 0.2) is 11.5 Å². The standard InChI is InChI=1S/C20H23N3O6S/c1-27-17-7-5-15(30(25,26)23-14-3-4-14)9-16(17)21-11-20(24)22-10-13-2-6-18-19(8-13)29-12-28-18/h2,5-9,14,21,23H,3-4,10-12H2,1H3,(H,22,24). The van der Waals surface area contributed by atoms with Crippen LogP contribution in [0.5, 0.6) is 17.2 Å². The Morgan fingerprint density at radius 3 is 2.70 bits per heavy atom. The van der Waals surface area contributed by atoms with Crippen LogP contribution in [0, 0.1) is 0 Å². The van der Waals surface area contributed by atoms with Crippen LogP contribution >= 0.6 is 0 Å². The van der Waals surface area contributed by atoms with E-state index in [9.17, 15) is 13.2 Å². The van der Waals surface area contributed by atoms with Crippen molar-refractivity contribution in [2.24, 2.45) is 0 Å². The van der Waals surface area contributed by atoms with E-state index in [2.05, 4.69) is 15.4 Å². The molecule has 9 nitrogen and oxygen atoms in total. The van der Waals surface area contributed by atoms with Crippen LogP contribution in [0.3, 0.4) is 0 Å². The SMILES string of the molecule is COc1ccc(S(=O)(=O)NC2CC2)cc1NCC(=O)NCc1ccc2c(c1)OCO2. The smallest absolute Gasteiger partial charge is 0.240 e. The Morgan fingerprint density at radius 2 is 1.93 bits per heavy atom. The first-order valence-electron chi connectivity index (χ1n) is 9.54. The Hall–Kier alpha value is -2.98. The zero-order valence-corrected chi connectivity index (χ0v) is 17.3. The van der Waals surface area contributed by atoms with E-state index in [0.717, 1.165) is 18.4 Å². The monoisotopic (exact) mass is 433 g/mol. The van der Waals surface area contributed by atoms with Gasteiger partial charge in [0.2, 0.25) is 22.7 Å². The number of hydrogen-bond donors (Lipinski definition) is 3. The quantitative estimate of drug-likeness (QED) is 0.550. The predicted octanol–water partition coefficient (Wildman–Crippen LogP) is 1.59. The van der Waals surface area contributed by atoms with E-state index in [-0.39, 0.29) is 30.2 Å². The summed E-state index contributed by atoms with van der Waals surface area (Å²) in [5, 5.41) is 5.76. The second kappa shape index (κ2) is 8.41. The van der Waals surface area contributed by atoms with Gasteiger partial charge >= 0.3 is 0 Å². The van der Waals surface area contributed by atoms with E-state index in [1.165, 1.54) is 19.2 Å². The van der Waals surface area contributed by atoms with Crippen molar-refractivity contribution in [1.82, 2.24) is 10.0 Å². The fraction of sp³-hybridized carbons (Fsp3) is 0.350. The molecular weight excluding hydrogens is 410 g/mol.